The van der Waals surface area contributed by atoms with Crippen molar-refractivity contribution in [3.63, 3.8) is 0 Å². The van der Waals surface area contributed by atoms with Gasteiger partial charge in [-0.2, -0.15) is 0 Å². The number of benzene rings is 1. The van der Waals surface area contributed by atoms with Crippen molar-refractivity contribution >= 4 is 0 Å². The van der Waals surface area contributed by atoms with Crippen molar-refractivity contribution in [3.8, 4) is 0 Å². The molecular formula is C10H9F3. The molecule has 0 aliphatic carbocycles. The first-order valence-electron chi connectivity index (χ1n) is 3.83. The maximum atomic E-state index is 12.6. The van der Waals surface area contributed by atoms with Crippen molar-refractivity contribution in [3.05, 3.63) is 47.3 Å². The van der Waals surface area contributed by atoms with Crippen LogP contribution < -0.4 is 0 Å². The molecule has 0 radical (unpaired) electrons. The van der Waals surface area contributed by atoms with Crippen LogP contribution in [-0.2, 0) is 6.42 Å². The lowest BCUT2D eigenvalue weighted by molar-refractivity contribution is 0.507. The Morgan fingerprint density at radius 3 is 2.54 bits per heavy atom. The third kappa shape index (κ3) is 2.61. The molecule has 0 saturated carbocycles. The summed E-state index contributed by atoms with van der Waals surface area (Å²) in [6, 6.07) is 3.55. The van der Waals surface area contributed by atoms with Crippen LogP contribution in [0.3, 0.4) is 0 Å². The predicted octanol–water partition coefficient (Wildman–Crippen LogP) is 3.38. The van der Waals surface area contributed by atoms with Crippen LogP contribution in [0.4, 0.5) is 13.2 Å². The molecule has 1 aromatic carbocycles. The first-order valence-corrected chi connectivity index (χ1v) is 3.83. The minimum absolute atomic E-state index is 0.299. The molecule has 3 heteroatoms. The van der Waals surface area contributed by atoms with Gasteiger partial charge in [0.05, 0.1) is 6.33 Å². The van der Waals surface area contributed by atoms with E-state index in [0.717, 1.165) is 12.1 Å². The van der Waals surface area contributed by atoms with Crippen LogP contribution in [0.1, 0.15) is 12.5 Å². The Bertz CT molecular complexity index is 329. The maximum absolute atomic E-state index is 12.6. The second-order valence-electron chi connectivity index (χ2n) is 2.88. The lowest BCUT2D eigenvalue weighted by Gasteiger charge is -2.00. The Morgan fingerprint density at radius 2 is 2.00 bits per heavy atom. The third-order valence-electron chi connectivity index (χ3n) is 1.65. The second-order valence-corrected chi connectivity index (χ2v) is 2.88. The van der Waals surface area contributed by atoms with Crippen molar-refractivity contribution < 1.29 is 13.2 Å². The highest BCUT2D eigenvalue weighted by molar-refractivity contribution is 5.22. The molecule has 0 aliphatic rings. The molecule has 0 unspecified atom stereocenters. The van der Waals surface area contributed by atoms with E-state index in [-0.39, 0.29) is 0 Å². The van der Waals surface area contributed by atoms with Crippen molar-refractivity contribution in [2.24, 2.45) is 0 Å². The van der Waals surface area contributed by atoms with E-state index in [2.05, 4.69) is 0 Å². The van der Waals surface area contributed by atoms with Gasteiger partial charge in [0.1, 0.15) is 0 Å². The smallest absolute Gasteiger partial charge is 0.159 e. The monoisotopic (exact) mass is 186 g/mol. The Balaban J connectivity index is 2.86. The Kier molecular flexibility index (Phi) is 3.12. The summed E-state index contributed by atoms with van der Waals surface area (Å²) in [5.74, 6) is -1.78. The number of hydrogen-bond acceptors (Lipinski definition) is 0. The van der Waals surface area contributed by atoms with Crippen molar-refractivity contribution in [2.75, 3.05) is 0 Å². The molecule has 13 heavy (non-hydrogen) atoms. The molecule has 1 rings (SSSR count). The van der Waals surface area contributed by atoms with Gasteiger partial charge >= 0.3 is 0 Å². The average molecular weight is 186 g/mol. The lowest BCUT2D eigenvalue weighted by Crippen LogP contribution is -1.90. The van der Waals surface area contributed by atoms with Crippen molar-refractivity contribution in [1.29, 1.82) is 0 Å². The summed E-state index contributed by atoms with van der Waals surface area (Å²) in [5, 5.41) is 0. The maximum Gasteiger partial charge on any atom is 0.159 e. The second kappa shape index (κ2) is 4.12. The molecule has 0 bridgehead atoms. The van der Waals surface area contributed by atoms with Gasteiger partial charge in [-0.25, -0.2) is 13.2 Å². The van der Waals surface area contributed by atoms with E-state index in [1.165, 1.54) is 6.07 Å². The first-order chi connectivity index (χ1) is 6.13. The molecule has 0 spiro atoms. The summed E-state index contributed by atoms with van der Waals surface area (Å²) in [4.78, 5) is 0. The molecule has 0 N–H and O–H groups in total. The van der Waals surface area contributed by atoms with Crippen LogP contribution in [-0.4, -0.2) is 0 Å². The van der Waals surface area contributed by atoms with Gasteiger partial charge < -0.3 is 0 Å². The molecule has 0 nitrogen and oxygen atoms in total. The van der Waals surface area contributed by atoms with Gasteiger partial charge in [-0.3, -0.25) is 0 Å². The van der Waals surface area contributed by atoms with E-state index in [1.807, 2.05) is 0 Å². The topological polar surface area (TPSA) is 0 Å². The zero-order valence-corrected chi connectivity index (χ0v) is 7.15. The lowest BCUT2D eigenvalue weighted by atomic mass is 10.1. The highest BCUT2D eigenvalue weighted by Gasteiger charge is 2.02. The van der Waals surface area contributed by atoms with Gasteiger partial charge in [0, 0.05) is 0 Å². The number of hydrogen-bond donors (Lipinski definition) is 0. The molecule has 70 valence electrons. The molecule has 0 atom stereocenters. The van der Waals surface area contributed by atoms with Crippen LogP contribution in [0.2, 0.25) is 0 Å². The standard InChI is InChI=1S/C10H9F3/c1-7(6-11)4-8-2-3-9(12)10(13)5-8/h2-3,5-6H,4H2,1H3/b7-6-. The summed E-state index contributed by atoms with van der Waals surface area (Å²) >= 11 is 0. The molecule has 0 saturated heterocycles. The minimum atomic E-state index is -0.899. The fourth-order valence-corrected chi connectivity index (χ4v) is 1.01. The van der Waals surface area contributed by atoms with Gasteiger partial charge in [0.15, 0.2) is 11.6 Å². The predicted molar refractivity (Wildman–Crippen MR) is 44.9 cm³/mol. The van der Waals surface area contributed by atoms with Gasteiger partial charge in [0.25, 0.3) is 0 Å². The quantitative estimate of drug-likeness (QED) is 0.664. The van der Waals surface area contributed by atoms with E-state index in [4.69, 9.17) is 0 Å². The average Bonchev–Trinajstić information content (AvgIpc) is 2.11. The number of halogens is 3. The van der Waals surface area contributed by atoms with E-state index in [9.17, 15) is 13.2 Å². The van der Waals surface area contributed by atoms with Crippen LogP contribution >= 0.6 is 0 Å². The molecule has 0 fully saturated rings. The third-order valence-corrected chi connectivity index (χ3v) is 1.65. The Labute approximate surface area is 74.7 Å². The summed E-state index contributed by atoms with van der Waals surface area (Å²) < 4.78 is 37.0. The fourth-order valence-electron chi connectivity index (χ4n) is 1.01. The highest BCUT2D eigenvalue weighted by atomic mass is 19.2. The number of allylic oxidation sites excluding steroid dienone is 1. The molecule has 0 aromatic heterocycles. The van der Waals surface area contributed by atoms with E-state index < -0.39 is 11.6 Å². The largest absolute Gasteiger partial charge is 0.216 e. The molecular weight excluding hydrogens is 177 g/mol. The summed E-state index contributed by atoms with van der Waals surface area (Å²) in [6.07, 6.45) is 0.759. The Morgan fingerprint density at radius 1 is 1.31 bits per heavy atom. The summed E-state index contributed by atoms with van der Waals surface area (Å²) in [5.41, 5.74) is 1.04. The zero-order chi connectivity index (χ0) is 9.84. The minimum Gasteiger partial charge on any atom is -0.216 e. The van der Waals surface area contributed by atoms with Crippen molar-refractivity contribution in [1.82, 2.24) is 0 Å². The van der Waals surface area contributed by atoms with Gasteiger partial charge in [0.2, 0.25) is 0 Å². The summed E-state index contributed by atoms with van der Waals surface area (Å²) in [7, 11) is 0. The van der Waals surface area contributed by atoms with Crippen LogP contribution in [0, 0.1) is 11.6 Å². The molecule has 0 amide bonds. The van der Waals surface area contributed by atoms with Gasteiger partial charge in [-0.15, -0.1) is 0 Å². The first kappa shape index (κ1) is 9.84. The molecule has 0 heterocycles. The molecule has 1 aromatic rings. The van der Waals surface area contributed by atoms with E-state index >= 15 is 0 Å². The van der Waals surface area contributed by atoms with Crippen molar-refractivity contribution in [2.45, 2.75) is 13.3 Å². The van der Waals surface area contributed by atoms with Crippen LogP contribution in [0.15, 0.2) is 30.1 Å². The van der Waals surface area contributed by atoms with E-state index in [1.54, 1.807) is 6.92 Å². The summed E-state index contributed by atoms with van der Waals surface area (Å²) in [6.45, 7) is 1.58. The van der Waals surface area contributed by atoms with Gasteiger partial charge in [-0.1, -0.05) is 6.07 Å². The SMILES string of the molecule is C/C(=C/F)Cc1ccc(F)c(F)c1. The fraction of sp³-hybridized carbons (Fsp3) is 0.200. The normalized spacial score (nSPS) is 11.8. The highest BCUT2D eigenvalue weighted by Crippen LogP contribution is 2.12. The molecule has 0 aliphatic heterocycles. The number of rotatable bonds is 2. The van der Waals surface area contributed by atoms with Gasteiger partial charge in [-0.05, 0) is 36.6 Å². The zero-order valence-electron chi connectivity index (χ0n) is 7.15. The Hall–Kier alpha value is -1.25. The van der Waals surface area contributed by atoms with Crippen LogP contribution in [0.25, 0.3) is 0 Å². The van der Waals surface area contributed by atoms with Crippen LogP contribution in [0.5, 0.6) is 0 Å². The van der Waals surface area contributed by atoms with E-state index in [0.29, 0.717) is 23.9 Å².